The molecular formula is H4AlBClNa. The van der Waals surface area contributed by atoms with E-state index in [1.807, 2.05) is 6.62 Å². The van der Waals surface area contributed by atoms with Crippen LogP contribution in [0.2, 0.25) is 0 Å². The molecule has 0 fully saturated rings. The second-order valence-corrected chi connectivity index (χ2v) is 2.41. The molecular weight excluding hydrogens is 96.2 g/mol. The fourth-order valence-corrected chi connectivity index (χ4v) is 0. The molecule has 0 aromatic rings. The first-order chi connectivity index (χ1) is 1.41. The molecule has 0 aromatic heterocycles. The molecule has 0 saturated heterocycles. The molecule has 0 unspecified atom stereocenters. The van der Waals surface area contributed by atoms with Crippen molar-refractivity contribution in [3.8, 4) is 0 Å². The number of halogens is 1. The summed E-state index contributed by atoms with van der Waals surface area (Å²) in [4.78, 5) is 0. The van der Waals surface area contributed by atoms with Gasteiger partial charge in [-0.1, -0.05) is 0 Å². The van der Waals surface area contributed by atoms with Gasteiger partial charge in [-0.25, -0.2) is 0 Å². The topological polar surface area (TPSA) is 0 Å². The third-order valence-electron chi connectivity index (χ3n) is 0. The van der Waals surface area contributed by atoms with Gasteiger partial charge in [0.05, 0.1) is 6.62 Å². The quantitative estimate of drug-likeness (QED) is 0.324. The van der Waals surface area contributed by atoms with Crippen LogP contribution in [0.25, 0.3) is 0 Å². The van der Waals surface area contributed by atoms with Crippen LogP contribution in [0.5, 0.6) is 0 Å². The Labute approximate surface area is 59.7 Å². The standard InChI is InChI=1S/Al.BH2.ClH.Na.2H/h;1H2;1H;;;/q;+1;;;;/p-1. The van der Waals surface area contributed by atoms with Crippen LogP contribution in [-0.2, 0) is 0 Å². The van der Waals surface area contributed by atoms with E-state index >= 15 is 0 Å². The van der Waals surface area contributed by atoms with Gasteiger partial charge >= 0.3 is 43.7 Å². The molecule has 4 heavy (non-hydrogen) atoms. The number of rotatable bonds is 0. The van der Waals surface area contributed by atoms with E-state index in [-0.39, 0.29) is 43.7 Å². The normalized spacial score (nSPS) is 3.25. The number of hydrogen-bond donors (Lipinski definition) is 0. The Bertz CT molecular complexity index is 8.00. The Kier molecular flexibility index (Phi) is 20.6. The van der Waals surface area contributed by atoms with Gasteiger partial charge < -0.3 is 0 Å². The summed E-state index contributed by atoms with van der Waals surface area (Å²) in [5.41, 5.74) is 0. The van der Waals surface area contributed by atoms with E-state index in [9.17, 15) is 0 Å². The van der Waals surface area contributed by atoms with Gasteiger partial charge in [0.2, 0.25) is 0 Å². The van der Waals surface area contributed by atoms with E-state index in [2.05, 4.69) is 0 Å². The predicted octanol–water partition coefficient (Wildman–Crippen LogP) is -1.52. The fraction of sp³-hybridized carbons (Fsp3) is 0. The van der Waals surface area contributed by atoms with Crippen LogP contribution in [0, 0.1) is 0 Å². The molecule has 0 nitrogen and oxygen atoms in total. The average molecular weight is 100 g/mol. The SMILES string of the molecule is [BH2][AlH][Cl].[NaH]. The maximum absolute atomic E-state index is 5.14. The summed E-state index contributed by atoms with van der Waals surface area (Å²) in [5.74, 6) is 0. The molecule has 0 aliphatic carbocycles. The Hall–Kier alpha value is 1.89. The summed E-state index contributed by atoms with van der Waals surface area (Å²) in [6.07, 6.45) is 0. The van der Waals surface area contributed by atoms with Crippen molar-refractivity contribution in [1.82, 2.24) is 0 Å². The molecule has 0 saturated carbocycles. The molecule has 0 heterocycles. The minimum atomic E-state index is -0.111. The Balaban J connectivity index is 0. The van der Waals surface area contributed by atoms with E-state index in [1.54, 1.807) is 0 Å². The van der Waals surface area contributed by atoms with Crippen molar-refractivity contribution >= 4 is 60.3 Å². The van der Waals surface area contributed by atoms with Crippen LogP contribution in [0.15, 0.2) is 0 Å². The van der Waals surface area contributed by atoms with E-state index < -0.39 is 0 Å². The third-order valence-corrected chi connectivity index (χ3v) is 0. The first-order valence-electron chi connectivity index (χ1n) is 0.974. The van der Waals surface area contributed by atoms with Gasteiger partial charge in [0, 0.05) is 0 Å². The molecule has 4 heteroatoms. The van der Waals surface area contributed by atoms with Crippen molar-refractivity contribution in [2.45, 2.75) is 0 Å². The second kappa shape index (κ2) is 8.86. The summed E-state index contributed by atoms with van der Waals surface area (Å²) in [7, 11) is 5.14. The van der Waals surface area contributed by atoms with Crippen LogP contribution < -0.4 is 0 Å². The summed E-state index contributed by atoms with van der Waals surface area (Å²) < 4.78 is 0. The molecule has 0 aliphatic heterocycles. The van der Waals surface area contributed by atoms with Crippen molar-refractivity contribution in [2.75, 3.05) is 0 Å². The van der Waals surface area contributed by atoms with E-state index in [0.29, 0.717) is 0 Å². The van der Waals surface area contributed by atoms with Crippen LogP contribution in [0.4, 0.5) is 0 Å². The van der Waals surface area contributed by atoms with Crippen molar-refractivity contribution in [3.63, 3.8) is 0 Å². The molecule has 0 bridgehead atoms. The summed E-state index contributed by atoms with van der Waals surface area (Å²) in [5, 5.41) is 0. The third kappa shape index (κ3) is 9.10. The van der Waals surface area contributed by atoms with Gasteiger partial charge in [0.1, 0.15) is 0 Å². The predicted molar refractivity (Wildman–Crippen MR) is 28.7 cm³/mol. The first kappa shape index (κ1) is 9.31. The van der Waals surface area contributed by atoms with Crippen LogP contribution >= 0.6 is 10.0 Å². The molecule has 0 N–H and O–H groups in total. The van der Waals surface area contributed by atoms with E-state index in [4.69, 9.17) is 10.0 Å². The molecule has 0 spiro atoms. The summed E-state index contributed by atoms with van der Waals surface area (Å²) in [6, 6.07) is 0. The molecule has 0 atom stereocenters. The van der Waals surface area contributed by atoms with Crippen molar-refractivity contribution < 1.29 is 0 Å². The van der Waals surface area contributed by atoms with Gasteiger partial charge in [-0.2, -0.15) is 0 Å². The van der Waals surface area contributed by atoms with Gasteiger partial charge in [-0.05, 0) is 0 Å². The number of hydrogen-bond acceptors (Lipinski definition) is 0. The van der Waals surface area contributed by atoms with Gasteiger partial charge in [0.15, 0.2) is 0 Å². The molecule has 0 rings (SSSR count). The van der Waals surface area contributed by atoms with Gasteiger partial charge in [0.25, 0.3) is 0 Å². The summed E-state index contributed by atoms with van der Waals surface area (Å²) in [6.45, 7) is 2.03. The van der Waals surface area contributed by atoms with Gasteiger partial charge in [-0.15, -0.1) is 0 Å². The molecule has 0 aliphatic rings. The zero-order valence-electron chi connectivity index (χ0n) is 2.09. The van der Waals surface area contributed by atoms with E-state index in [1.165, 1.54) is 0 Å². The second-order valence-electron chi connectivity index (χ2n) is 0.267. The summed E-state index contributed by atoms with van der Waals surface area (Å²) >= 11 is -0.111. The van der Waals surface area contributed by atoms with Crippen molar-refractivity contribution in [2.24, 2.45) is 0 Å². The van der Waals surface area contributed by atoms with Crippen LogP contribution in [0.1, 0.15) is 0 Å². The van der Waals surface area contributed by atoms with Crippen LogP contribution in [0.3, 0.4) is 0 Å². The Morgan fingerprint density at radius 1 is 1.75 bits per heavy atom. The molecule has 0 radical (unpaired) electrons. The van der Waals surface area contributed by atoms with Crippen LogP contribution in [-0.4, -0.2) is 50.3 Å². The van der Waals surface area contributed by atoms with Gasteiger partial charge in [-0.3, -0.25) is 10.0 Å². The molecule has 0 aromatic carbocycles. The monoisotopic (exact) mass is 100.0 g/mol. The first-order valence-corrected chi connectivity index (χ1v) is 4.53. The average Bonchev–Trinajstić information content (AvgIpc) is 0.918. The maximum atomic E-state index is 5.14. The van der Waals surface area contributed by atoms with E-state index in [0.717, 1.165) is 0 Å². The zero-order chi connectivity index (χ0) is 2.71. The minimum absolute atomic E-state index is 0. The Morgan fingerprint density at radius 3 is 1.75 bits per heavy atom. The van der Waals surface area contributed by atoms with Crippen molar-refractivity contribution in [3.05, 3.63) is 0 Å². The molecule has 18 valence electrons. The zero-order valence-corrected chi connectivity index (χ0v) is 4.26. The fourth-order valence-electron chi connectivity index (χ4n) is 0. The Morgan fingerprint density at radius 2 is 1.75 bits per heavy atom. The van der Waals surface area contributed by atoms with Crippen molar-refractivity contribution in [1.29, 1.82) is 0 Å². The molecule has 0 amide bonds.